The van der Waals surface area contributed by atoms with Crippen molar-refractivity contribution in [3.05, 3.63) is 24.8 Å². The third-order valence-corrected chi connectivity index (χ3v) is 4.40. The molecule has 0 rings (SSSR count). The van der Waals surface area contributed by atoms with Crippen molar-refractivity contribution in [1.29, 1.82) is 0 Å². The zero-order valence-electron chi connectivity index (χ0n) is 17.5. The Balaban J connectivity index is 0. The topological polar surface area (TPSA) is 0 Å². The van der Waals surface area contributed by atoms with Gasteiger partial charge in [-0.15, -0.1) is 6.58 Å². The first-order valence-corrected chi connectivity index (χ1v) is 11.1. The van der Waals surface area contributed by atoms with Crippen molar-refractivity contribution in [2.45, 2.75) is 130 Å². The minimum atomic E-state index is 1.02. The zero-order valence-corrected chi connectivity index (χ0v) is 17.5. The molecule has 0 nitrogen and oxygen atoms in total. The normalized spacial score (nSPS) is 10.6. The van der Waals surface area contributed by atoms with Crippen molar-refractivity contribution >= 4 is 0 Å². The number of unbranched alkanes of at least 4 members (excludes halogenated alkanes) is 14. The molecule has 0 aromatic heterocycles. The summed E-state index contributed by atoms with van der Waals surface area (Å²) in [5.74, 6) is 0. The predicted octanol–water partition coefficient (Wildman–Crippen LogP) is 9.41. The van der Waals surface area contributed by atoms with E-state index < -0.39 is 0 Å². The maximum atomic E-state index is 3.67. The number of allylic oxidation sites excluding steroid dienone is 3. The fourth-order valence-electron chi connectivity index (χ4n) is 2.74. The molecular formula is C24H48. The molecule has 0 amide bonds. The lowest BCUT2D eigenvalue weighted by Crippen LogP contribution is -1.80. The first-order chi connectivity index (χ1) is 11.8. The summed E-state index contributed by atoms with van der Waals surface area (Å²) < 4.78 is 0. The van der Waals surface area contributed by atoms with Crippen LogP contribution >= 0.6 is 0 Å². The lowest BCUT2D eigenvalue weighted by atomic mass is 10.1. The van der Waals surface area contributed by atoms with E-state index in [0.717, 1.165) is 6.42 Å². The van der Waals surface area contributed by atoms with Crippen LogP contribution in [0, 0.1) is 0 Å². The summed E-state index contributed by atoms with van der Waals surface area (Å²) in [6.45, 7) is 10.5. The molecule has 24 heavy (non-hydrogen) atoms. The minimum absolute atomic E-state index is 1.02. The Kier molecular flexibility index (Phi) is 29.3. The largest absolute Gasteiger partial charge is 0.103 e. The summed E-state index contributed by atoms with van der Waals surface area (Å²) in [4.78, 5) is 0. The summed E-state index contributed by atoms with van der Waals surface area (Å²) in [7, 11) is 0. The molecule has 0 spiro atoms. The molecule has 0 aromatic rings. The fraction of sp³-hybridized carbons (Fsp3) is 0.833. The average Bonchev–Trinajstić information content (AvgIpc) is 2.60. The monoisotopic (exact) mass is 336 g/mol. The molecule has 0 bridgehead atoms. The van der Waals surface area contributed by atoms with Crippen molar-refractivity contribution < 1.29 is 0 Å². The molecule has 0 saturated heterocycles. The van der Waals surface area contributed by atoms with Crippen LogP contribution in [0.3, 0.4) is 0 Å². The van der Waals surface area contributed by atoms with Gasteiger partial charge >= 0.3 is 0 Å². The molecule has 0 aromatic carbocycles. The number of rotatable bonds is 17. The molecule has 0 heterocycles. The van der Waals surface area contributed by atoms with Crippen LogP contribution in [0.1, 0.15) is 130 Å². The summed E-state index contributed by atoms with van der Waals surface area (Å²) >= 11 is 0. The molecule has 144 valence electrons. The Hall–Kier alpha value is -0.520. The molecule has 0 radical (unpaired) electrons. The van der Waals surface area contributed by atoms with Crippen LogP contribution in [-0.2, 0) is 0 Å². The Morgan fingerprint density at radius 3 is 1.25 bits per heavy atom. The Labute approximate surface area is 155 Å². The molecule has 0 saturated carbocycles. The van der Waals surface area contributed by atoms with Crippen molar-refractivity contribution in [2.75, 3.05) is 0 Å². The van der Waals surface area contributed by atoms with Gasteiger partial charge in [-0.1, -0.05) is 129 Å². The van der Waals surface area contributed by atoms with Crippen LogP contribution in [0.5, 0.6) is 0 Å². The lowest BCUT2D eigenvalue weighted by molar-refractivity contribution is 0.562. The van der Waals surface area contributed by atoms with E-state index >= 15 is 0 Å². The van der Waals surface area contributed by atoms with E-state index in [1.165, 1.54) is 103 Å². The van der Waals surface area contributed by atoms with E-state index in [2.05, 4.69) is 39.5 Å². The van der Waals surface area contributed by atoms with Gasteiger partial charge in [0.25, 0.3) is 0 Å². The number of hydrogen-bond donors (Lipinski definition) is 0. The van der Waals surface area contributed by atoms with Gasteiger partial charge in [0.2, 0.25) is 0 Å². The Morgan fingerprint density at radius 1 is 0.500 bits per heavy atom. The summed E-state index contributed by atoms with van der Waals surface area (Å²) in [5.41, 5.74) is 0. The molecular weight excluding hydrogens is 288 g/mol. The van der Waals surface area contributed by atoms with Gasteiger partial charge in [-0.05, 0) is 19.3 Å². The average molecular weight is 337 g/mol. The van der Waals surface area contributed by atoms with Crippen LogP contribution in [0.4, 0.5) is 0 Å². The zero-order chi connectivity index (χ0) is 18.1. The molecule has 0 N–H and O–H groups in total. The van der Waals surface area contributed by atoms with Crippen LogP contribution in [-0.4, -0.2) is 0 Å². The van der Waals surface area contributed by atoms with Gasteiger partial charge in [0.1, 0.15) is 0 Å². The summed E-state index contributed by atoms with van der Waals surface area (Å²) in [6.07, 6.45) is 30.0. The van der Waals surface area contributed by atoms with Crippen molar-refractivity contribution in [3.8, 4) is 0 Å². The highest BCUT2D eigenvalue weighted by Crippen LogP contribution is 2.10. The van der Waals surface area contributed by atoms with Crippen LogP contribution in [0.25, 0.3) is 0 Å². The fourth-order valence-corrected chi connectivity index (χ4v) is 2.74. The molecule has 0 heteroatoms. The van der Waals surface area contributed by atoms with Crippen molar-refractivity contribution in [2.24, 2.45) is 0 Å². The Morgan fingerprint density at radius 2 is 0.875 bits per heavy atom. The molecule has 0 unspecified atom stereocenters. The van der Waals surface area contributed by atoms with Gasteiger partial charge in [0.15, 0.2) is 0 Å². The van der Waals surface area contributed by atoms with Crippen molar-refractivity contribution in [3.63, 3.8) is 0 Å². The van der Waals surface area contributed by atoms with Crippen LogP contribution < -0.4 is 0 Å². The molecule has 0 fully saturated rings. The maximum absolute atomic E-state index is 3.67. The van der Waals surface area contributed by atoms with E-state index in [4.69, 9.17) is 0 Å². The van der Waals surface area contributed by atoms with Gasteiger partial charge in [-0.2, -0.15) is 0 Å². The lowest BCUT2D eigenvalue weighted by Gasteiger charge is -1.99. The predicted molar refractivity (Wildman–Crippen MR) is 115 cm³/mol. The third kappa shape index (κ3) is 29.5. The van der Waals surface area contributed by atoms with Gasteiger partial charge in [0.05, 0.1) is 0 Å². The van der Waals surface area contributed by atoms with E-state index in [1.807, 2.05) is 6.08 Å². The smallest absolute Gasteiger partial charge is 0.0172 e. The van der Waals surface area contributed by atoms with Gasteiger partial charge < -0.3 is 0 Å². The van der Waals surface area contributed by atoms with E-state index in [9.17, 15) is 0 Å². The second-order valence-corrected chi connectivity index (χ2v) is 7.03. The van der Waals surface area contributed by atoms with Gasteiger partial charge in [-0.25, -0.2) is 0 Å². The Bertz CT molecular complexity index is 216. The highest BCUT2D eigenvalue weighted by molar-refractivity contribution is 4.87. The van der Waals surface area contributed by atoms with E-state index in [0.29, 0.717) is 0 Å². The highest BCUT2D eigenvalue weighted by atomic mass is 14.0. The molecule has 0 aliphatic carbocycles. The van der Waals surface area contributed by atoms with Crippen molar-refractivity contribution in [1.82, 2.24) is 0 Å². The quantitative estimate of drug-likeness (QED) is 0.183. The third-order valence-electron chi connectivity index (χ3n) is 4.40. The molecule has 0 atom stereocenters. The summed E-state index contributed by atoms with van der Waals surface area (Å²) in [5, 5.41) is 0. The first-order valence-electron chi connectivity index (χ1n) is 11.1. The van der Waals surface area contributed by atoms with Gasteiger partial charge in [0, 0.05) is 0 Å². The molecule has 0 aliphatic heterocycles. The van der Waals surface area contributed by atoms with Crippen LogP contribution in [0.2, 0.25) is 0 Å². The van der Waals surface area contributed by atoms with Crippen LogP contribution in [0.15, 0.2) is 24.8 Å². The standard InChI is InChI=1S/C12H26.C12H22/c2*1-3-5-7-9-11-12-10-8-6-4-2/h3-12H2,1-2H3;3,7,9H,1,4-6,8,10-12H2,2H3/b;9-7-. The van der Waals surface area contributed by atoms with Gasteiger partial charge in [-0.3, -0.25) is 0 Å². The summed E-state index contributed by atoms with van der Waals surface area (Å²) in [6, 6.07) is 0. The number of hydrogen-bond acceptors (Lipinski definition) is 0. The van der Waals surface area contributed by atoms with E-state index in [1.54, 1.807) is 0 Å². The second-order valence-electron chi connectivity index (χ2n) is 7.03. The maximum Gasteiger partial charge on any atom is -0.0172 e. The first kappa shape index (κ1) is 25.7. The van der Waals surface area contributed by atoms with E-state index in [-0.39, 0.29) is 0 Å². The highest BCUT2D eigenvalue weighted by Gasteiger charge is 1.90. The molecule has 0 aliphatic rings. The SMILES string of the molecule is C=CC/C=C\CCCCCCC.CCCCCCCCCCCC. The second kappa shape index (κ2) is 27.3. The minimum Gasteiger partial charge on any atom is -0.103 e.